The molecule has 10 heteroatoms. The first kappa shape index (κ1) is 29.5. The van der Waals surface area contributed by atoms with Gasteiger partial charge in [-0.3, -0.25) is 14.4 Å². The Morgan fingerprint density at radius 1 is 1.05 bits per heavy atom. The molecule has 0 spiro atoms. The number of benzene rings is 1. The van der Waals surface area contributed by atoms with E-state index in [4.69, 9.17) is 18.6 Å². The van der Waals surface area contributed by atoms with Gasteiger partial charge in [0.05, 0.1) is 45.9 Å². The normalized spacial score (nSPS) is 14.7. The van der Waals surface area contributed by atoms with Crippen LogP contribution in [0.4, 0.5) is 5.69 Å². The number of ether oxygens (including phenoxy) is 3. The number of furan rings is 1. The Balaban J connectivity index is 1.82. The number of nitrogens with one attached hydrogen (secondary N) is 3. The molecular weight excluding hydrogens is 526 g/mol. The molecule has 0 aliphatic heterocycles. The Morgan fingerprint density at radius 2 is 1.80 bits per heavy atom. The third-order valence-electron chi connectivity index (χ3n) is 7.19. The number of hydrogen-bond donors (Lipinski definition) is 3. The van der Waals surface area contributed by atoms with Crippen molar-refractivity contribution in [2.24, 2.45) is 5.92 Å². The van der Waals surface area contributed by atoms with Gasteiger partial charge < -0.3 is 34.6 Å². The van der Waals surface area contributed by atoms with Crippen molar-refractivity contribution in [1.82, 2.24) is 10.6 Å². The summed E-state index contributed by atoms with van der Waals surface area (Å²) in [5.74, 6) is 1.46. The first-order chi connectivity index (χ1) is 19.7. The molecule has 2 aromatic carbocycles. The zero-order chi connectivity index (χ0) is 29.7. The summed E-state index contributed by atoms with van der Waals surface area (Å²) in [6.45, 7) is 5.49. The van der Waals surface area contributed by atoms with Crippen LogP contribution < -0.4 is 35.6 Å². The van der Waals surface area contributed by atoms with Crippen LogP contribution in [0, 0.1) is 5.92 Å². The van der Waals surface area contributed by atoms with Gasteiger partial charge in [-0.25, -0.2) is 0 Å². The van der Waals surface area contributed by atoms with Crippen molar-refractivity contribution in [3.63, 3.8) is 0 Å². The minimum Gasteiger partial charge on any atom is -0.493 e. The largest absolute Gasteiger partial charge is 0.493 e. The Hall–Kier alpha value is -4.47. The highest BCUT2D eigenvalue weighted by Crippen LogP contribution is 2.50. The highest BCUT2D eigenvalue weighted by Gasteiger charge is 2.30. The van der Waals surface area contributed by atoms with Crippen LogP contribution in [0.1, 0.15) is 50.1 Å². The van der Waals surface area contributed by atoms with Crippen molar-refractivity contribution < 1.29 is 28.2 Å². The molecule has 3 aromatic rings. The monoisotopic (exact) mass is 563 g/mol. The quantitative estimate of drug-likeness (QED) is 0.335. The van der Waals surface area contributed by atoms with E-state index in [1.165, 1.54) is 20.1 Å². The topological polar surface area (TPSA) is 128 Å². The zero-order valence-electron chi connectivity index (χ0n) is 24.3. The second kappa shape index (κ2) is 12.8. The molecular formula is C31H37N3O7. The van der Waals surface area contributed by atoms with Crippen molar-refractivity contribution >= 4 is 17.5 Å². The average molecular weight is 564 g/mol. The Morgan fingerprint density at radius 3 is 2.41 bits per heavy atom. The van der Waals surface area contributed by atoms with Crippen LogP contribution in [0.15, 0.2) is 51.9 Å². The predicted octanol–water partition coefficient (Wildman–Crippen LogP) is 4.21. The summed E-state index contributed by atoms with van der Waals surface area (Å²) >= 11 is 0. The van der Waals surface area contributed by atoms with E-state index in [0.29, 0.717) is 47.0 Å². The molecule has 0 radical (unpaired) electrons. The summed E-state index contributed by atoms with van der Waals surface area (Å²) in [4.78, 5) is 39.0. The van der Waals surface area contributed by atoms with Gasteiger partial charge >= 0.3 is 0 Å². The van der Waals surface area contributed by atoms with Crippen molar-refractivity contribution in [2.45, 2.75) is 52.2 Å². The first-order valence-electron chi connectivity index (χ1n) is 13.5. The summed E-state index contributed by atoms with van der Waals surface area (Å²) in [6.07, 6.45) is 2.69. The van der Waals surface area contributed by atoms with Gasteiger partial charge in [0, 0.05) is 12.5 Å². The van der Waals surface area contributed by atoms with Gasteiger partial charge in [0.15, 0.2) is 11.5 Å². The van der Waals surface area contributed by atoms with Gasteiger partial charge in [0.25, 0.3) is 0 Å². The van der Waals surface area contributed by atoms with Crippen LogP contribution in [0.2, 0.25) is 0 Å². The molecule has 0 saturated carbocycles. The molecule has 1 aliphatic carbocycles. The average Bonchev–Trinajstić information content (AvgIpc) is 3.36. The lowest BCUT2D eigenvalue weighted by Gasteiger charge is -2.22. The lowest BCUT2D eigenvalue weighted by Crippen LogP contribution is -2.43. The molecule has 0 fully saturated rings. The third kappa shape index (κ3) is 6.32. The summed E-state index contributed by atoms with van der Waals surface area (Å²) in [5, 5.41) is 9.04. The molecule has 2 atom stereocenters. The number of hydrogen-bond acceptors (Lipinski definition) is 8. The lowest BCUT2D eigenvalue weighted by molar-refractivity contribution is -0.123. The van der Waals surface area contributed by atoms with E-state index < -0.39 is 12.1 Å². The maximum Gasteiger partial charge on any atom is 0.243 e. The van der Waals surface area contributed by atoms with Gasteiger partial charge in [0.1, 0.15) is 11.8 Å². The summed E-state index contributed by atoms with van der Waals surface area (Å²) in [7, 11) is 4.65. The van der Waals surface area contributed by atoms with Gasteiger partial charge in [0.2, 0.25) is 23.0 Å². The van der Waals surface area contributed by atoms with E-state index in [9.17, 15) is 14.4 Å². The zero-order valence-corrected chi connectivity index (χ0v) is 24.3. The fraction of sp³-hybridized carbons (Fsp3) is 0.387. The van der Waals surface area contributed by atoms with Gasteiger partial charge in [-0.2, -0.15) is 0 Å². The number of rotatable bonds is 10. The van der Waals surface area contributed by atoms with E-state index in [0.717, 1.165) is 11.1 Å². The fourth-order valence-corrected chi connectivity index (χ4v) is 5.23. The number of carbonyl (C=O) groups is 2. The van der Waals surface area contributed by atoms with Crippen LogP contribution in [-0.4, -0.2) is 39.2 Å². The number of amides is 2. The molecule has 0 bridgehead atoms. The number of methoxy groups -OCH3 is 3. The third-order valence-corrected chi connectivity index (χ3v) is 7.19. The second-order valence-corrected chi connectivity index (χ2v) is 10.3. The van der Waals surface area contributed by atoms with E-state index in [2.05, 4.69) is 16.0 Å². The van der Waals surface area contributed by atoms with E-state index in [1.807, 2.05) is 26.0 Å². The highest BCUT2D eigenvalue weighted by molar-refractivity contribution is 5.86. The van der Waals surface area contributed by atoms with E-state index >= 15 is 0 Å². The molecule has 0 saturated heterocycles. The molecule has 4 rings (SSSR count). The number of fused-ring (bicyclic) bond motifs is 3. The first-order valence-corrected chi connectivity index (χ1v) is 13.5. The standard InChI is InChI=1S/C31H37N3O7/c1-17(2)28(31(37)32-16-20-8-7-13-41-20)34-24-12-10-21-22(15-25(24)36)23(33-18(3)35)11-9-19-14-26(38-4)29(39-5)30(40-6)27(19)21/h7-8,10,12-15,17,23,28H,9,11,16H2,1-6H3,(H,32,37)(H,33,35)(H,34,36)/t23-,28-/m1/s1. The van der Waals surface area contributed by atoms with Gasteiger partial charge in [-0.05, 0) is 65.8 Å². The summed E-state index contributed by atoms with van der Waals surface area (Å²) < 4.78 is 22.4. The van der Waals surface area contributed by atoms with Gasteiger partial charge in [-0.1, -0.05) is 19.9 Å². The molecule has 1 aromatic heterocycles. The van der Waals surface area contributed by atoms with Crippen LogP contribution in [0.5, 0.6) is 17.2 Å². The van der Waals surface area contributed by atoms with Crippen molar-refractivity contribution in [1.29, 1.82) is 0 Å². The number of aryl methyl sites for hydroxylation is 1. The second-order valence-electron chi connectivity index (χ2n) is 10.3. The number of carbonyl (C=O) groups excluding carboxylic acids is 2. The minimum atomic E-state index is -0.683. The van der Waals surface area contributed by atoms with Crippen molar-refractivity contribution in [3.8, 4) is 28.4 Å². The summed E-state index contributed by atoms with van der Waals surface area (Å²) in [6, 6.07) is 9.35. The fourth-order valence-electron chi connectivity index (χ4n) is 5.23. The lowest BCUT2D eigenvalue weighted by atomic mass is 9.95. The molecule has 2 amide bonds. The van der Waals surface area contributed by atoms with E-state index in [1.54, 1.807) is 38.7 Å². The summed E-state index contributed by atoms with van der Waals surface area (Å²) in [5.41, 5.74) is 2.99. The van der Waals surface area contributed by atoms with Crippen molar-refractivity contribution in [3.05, 3.63) is 69.8 Å². The maximum atomic E-state index is 13.7. The SMILES string of the molecule is COc1cc2c(c(OC)c1OC)-c1ccc(N[C@@H](C(=O)NCc3ccco3)C(C)C)c(=O)cc1[C@H](NC(C)=O)CC2. The molecule has 1 aliphatic rings. The van der Waals surface area contributed by atoms with Crippen LogP contribution in [0.25, 0.3) is 11.1 Å². The van der Waals surface area contributed by atoms with Crippen LogP contribution >= 0.6 is 0 Å². The molecule has 218 valence electrons. The molecule has 3 N–H and O–H groups in total. The van der Waals surface area contributed by atoms with Crippen LogP contribution in [-0.2, 0) is 22.6 Å². The van der Waals surface area contributed by atoms with Gasteiger partial charge in [-0.15, -0.1) is 0 Å². The number of anilines is 1. The molecule has 41 heavy (non-hydrogen) atoms. The maximum absolute atomic E-state index is 13.7. The Kier molecular flexibility index (Phi) is 9.21. The Bertz CT molecular complexity index is 1470. The van der Waals surface area contributed by atoms with E-state index in [-0.39, 0.29) is 35.4 Å². The molecule has 10 nitrogen and oxygen atoms in total. The minimum absolute atomic E-state index is 0.126. The molecule has 1 heterocycles. The molecule has 0 unspecified atom stereocenters. The smallest absolute Gasteiger partial charge is 0.243 e. The Labute approximate surface area is 239 Å². The predicted molar refractivity (Wildman–Crippen MR) is 155 cm³/mol. The van der Waals surface area contributed by atoms with Crippen LogP contribution in [0.3, 0.4) is 0 Å². The highest BCUT2D eigenvalue weighted by atomic mass is 16.5. The van der Waals surface area contributed by atoms with Crippen molar-refractivity contribution in [2.75, 3.05) is 26.6 Å².